The largest absolute Gasteiger partial charge is 0.347 e. The summed E-state index contributed by atoms with van der Waals surface area (Å²) in [5, 5.41) is 2.91. The maximum Gasteiger partial charge on any atom is 0.251 e. The Labute approximate surface area is 132 Å². The number of thiophene rings is 1. The quantitative estimate of drug-likeness (QED) is 0.673. The molecule has 0 unspecified atom stereocenters. The smallest absolute Gasteiger partial charge is 0.251 e. The van der Waals surface area contributed by atoms with Crippen molar-refractivity contribution in [1.82, 2.24) is 5.32 Å². The van der Waals surface area contributed by atoms with E-state index in [9.17, 15) is 4.79 Å². The minimum Gasteiger partial charge on any atom is -0.347 e. The van der Waals surface area contributed by atoms with Crippen molar-refractivity contribution in [2.75, 3.05) is 12.8 Å². The highest BCUT2D eigenvalue weighted by atomic mass is 32.2. The molecule has 0 bridgehead atoms. The molecule has 2 rings (SSSR count). The molecule has 0 aliphatic carbocycles. The Hall–Kier alpha value is -1.74. The van der Waals surface area contributed by atoms with Crippen LogP contribution in [0.2, 0.25) is 0 Å². The molecule has 0 fully saturated rings. The zero-order chi connectivity index (χ0) is 15.1. The fraction of sp³-hybridized carbons (Fsp3) is 0.188. The van der Waals surface area contributed by atoms with Crippen LogP contribution < -0.4 is 11.1 Å². The third-order valence-electron chi connectivity index (χ3n) is 2.75. The van der Waals surface area contributed by atoms with Gasteiger partial charge >= 0.3 is 0 Å². The molecule has 2 aromatic rings. The lowest BCUT2D eigenvalue weighted by atomic mass is 10.2. The Kier molecular flexibility index (Phi) is 5.88. The van der Waals surface area contributed by atoms with E-state index in [-0.39, 0.29) is 5.91 Å². The maximum atomic E-state index is 12.0. The molecule has 3 N–H and O–H groups in total. The van der Waals surface area contributed by atoms with Gasteiger partial charge < -0.3 is 11.1 Å². The summed E-state index contributed by atoms with van der Waals surface area (Å²) >= 11 is 3.23. The summed E-state index contributed by atoms with van der Waals surface area (Å²) in [6, 6.07) is 11.5. The van der Waals surface area contributed by atoms with E-state index in [1.165, 1.54) is 0 Å². The molecule has 5 heteroatoms. The fourth-order valence-electron chi connectivity index (χ4n) is 1.69. The molecule has 1 amide bonds. The summed E-state index contributed by atoms with van der Waals surface area (Å²) in [5.74, 6) is 5.74. The van der Waals surface area contributed by atoms with Crippen LogP contribution in [0.15, 0.2) is 41.3 Å². The lowest BCUT2D eigenvalue weighted by Gasteiger charge is -2.04. The first-order valence-electron chi connectivity index (χ1n) is 6.43. The minimum absolute atomic E-state index is 0.0642. The van der Waals surface area contributed by atoms with Crippen molar-refractivity contribution < 1.29 is 4.79 Å². The van der Waals surface area contributed by atoms with Crippen LogP contribution in [-0.4, -0.2) is 18.7 Å². The number of hydrogen-bond acceptors (Lipinski definition) is 4. The van der Waals surface area contributed by atoms with E-state index in [0.29, 0.717) is 18.7 Å². The highest BCUT2D eigenvalue weighted by Gasteiger charge is 2.06. The van der Waals surface area contributed by atoms with E-state index in [1.54, 1.807) is 23.1 Å². The van der Waals surface area contributed by atoms with Crippen LogP contribution in [0.4, 0.5) is 0 Å². The van der Waals surface area contributed by atoms with Crippen molar-refractivity contribution in [3.05, 3.63) is 51.7 Å². The van der Waals surface area contributed by atoms with Crippen molar-refractivity contribution in [3.8, 4) is 11.8 Å². The molecule has 0 saturated carbocycles. The molecule has 1 heterocycles. The average molecular weight is 316 g/mol. The number of carbonyl (C=O) groups is 1. The summed E-state index contributed by atoms with van der Waals surface area (Å²) in [6.45, 7) is 0.869. The van der Waals surface area contributed by atoms with Crippen molar-refractivity contribution in [3.63, 3.8) is 0 Å². The summed E-state index contributed by atoms with van der Waals surface area (Å²) in [7, 11) is 0. The zero-order valence-electron chi connectivity index (χ0n) is 11.7. The van der Waals surface area contributed by atoms with E-state index < -0.39 is 0 Å². The first kappa shape index (κ1) is 15.6. The highest BCUT2D eigenvalue weighted by Crippen LogP contribution is 2.16. The molecule has 0 aliphatic heterocycles. The molecule has 1 aromatic heterocycles. The van der Waals surface area contributed by atoms with Gasteiger partial charge in [0.2, 0.25) is 0 Å². The number of benzene rings is 1. The van der Waals surface area contributed by atoms with Crippen LogP contribution in [0.1, 0.15) is 20.1 Å². The highest BCUT2D eigenvalue weighted by molar-refractivity contribution is 7.98. The van der Waals surface area contributed by atoms with Gasteiger partial charge in [0.25, 0.3) is 5.91 Å². The predicted molar refractivity (Wildman–Crippen MR) is 89.6 cm³/mol. The number of hydrogen-bond donors (Lipinski definition) is 2. The normalized spacial score (nSPS) is 9.81. The second-order valence-corrected chi connectivity index (χ2v) is 6.23. The molecule has 108 valence electrons. The van der Waals surface area contributed by atoms with E-state index in [4.69, 9.17) is 5.73 Å². The van der Waals surface area contributed by atoms with Crippen LogP contribution in [0.25, 0.3) is 0 Å². The standard InChI is InChI=1S/C16H16N2OS2/c1-20-13-6-4-12(5-7-13)16(19)18-11-15-9-8-14(21-15)3-2-10-17/h4-9H,10-11,17H2,1H3,(H,18,19). The molecule has 0 radical (unpaired) electrons. The van der Waals surface area contributed by atoms with Crippen LogP contribution in [0, 0.1) is 11.8 Å². The van der Waals surface area contributed by atoms with Crippen molar-refractivity contribution in [2.24, 2.45) is 5.73 Å². The Bertz CT molecular complexity index is 666. The molecular formula is C16H16N2OS2. The van der Waals surface area contributed by atoms with Crippen LogP contribution >= 0.6 is 23.1 Å². The van der Waals surface area contributed by atoms with Crippen molar-refractivity contribution in [1.29, 1.82) is 0 Å². The Morgan fingerprint density at radius 2 is 2.05 bits per heavy atom. The van der Waals surface area contributed by atoms with Crippen LogP contribution in [-0.2, 0) is 6.54 Å². The van der Waals surface area contributed by atoms with E-state index in [2.05, 4.69) is 17.2 Å². The van der Waals surface area contributed by atoms with Gasteiger partial charge in [-0.25, -0.2) is 0 Å². The number of carbonyl (C=O) groups excluding carboxylic acids is 1. The molecular weight excluding hydrogens is 300 g/mol. The van der Waals surface area contributed by atoms with Crippen LogP contribution in [0.3, 0.4) is 0 Å². The topological polar surface area (TPSA) is 55.1 Å². The first-order chi connectivity index (χ1) is 10.2. The van der Waals surface area contributed by atoms with E-state index >= 15 is 0 Å². The third kappa shape index (κ3) is 4.64. The monoisotopic (exact) mass is 316 g/mol. The third-order valence-corrected chi connectivity index (χ3v) is 4.49. The minimum atomic E-state index is -0.0642. The molecule has 0 spiro atoms. The zero-order valence-corrected chi connectivity index (χ0v) is 13.3. The van der Waals surface area contributed by atoms with Gasteiger partial charge in [0.1, 0.15) is 0 Å². The summed E-state index contributed by atoms with van der Waals surface area (Å²) in [6.07, 6.45) is 2.01. The van der Waals surface area contributed by atoms with Gasteiger partial charge in [0, 0.05) is 15.3 Å². The molecule has 0 atom stereocenters. The predicted octanol–water partition coefficient (Wildman–Crippen LogP) is 2.71. The molecule has 0 saturated heterocycles. The molecule has 3 nitrogen and oxygen atoms in total. The number of amides is 1. The van der Waals surface area contributed by atoms with Gasteiger partial charge in [-0.2, -0.15) is 0 Å². The van der Waals surface area contributed by atoms with Crippen molar-refractivity contribution >= 4 is 29.0 Å². The lowest BCUT2D eigenvalue weighted by Crippen LogP contribution is -2.22. The molecule has 0 aliphatic rings. The van der Waals surface area contributed by atoms with Gasteiger partial charge in [-0.05, 0) is 42.7 Å². The van der Waals surface area contributed by atoms with Gasteiger partial charge in [-0.1, -0.05) is 11.8 Å². The average Bonchev–Trinajstić information content (AvgIpc) is 2.98. The Morgan fingerprint density at radius 1 is 1.29 bits per heavy atom. The molecule has 1 aromatic carbocycles. The van der Waals surface area contributed by atoms with Gasteiger partial charge in [0.05, 0.1) is 18.0 Å². The summed E-state index contributed by atoms with van der Waals surface area (Å²) < 4.78 is 0. The van der Waals surface area contributed by atoms with E-state index in [0.717, 1.165) is 14.6 Å². The summed E-state index contributed by atoms with van der Waals surface area (Å²) in [4.78, 5) is 15.2. The Balaban J connectivity index is 1.92. The number of nitrogens with one attached hydrogen (secondary N) is 1. The number of rotatable bonds is 4. The lowest BCUT2D eigenvalue weighted by molar-refractivity contribution is 0.0951. The van der Waals surface area contributed by atoms with Crippen molar-refractivity contribution in [2.45, 2.75) is 11.4 Å². The first-order valence-corrected chi connectivity index (χ1v) is 8.47. The summed E-state index contributed by atoms with van der Waals surface area (Å²) in [5.41, 5.74) is 6.01. The fourth-order valence-corrected chi connectivity index (χ4v) is 2.92. The van der Waals surface area contributed by atoms with E-state index in [1.807, 2.05) is 42.7 Å². The van der Waals surface area contributed by atoms with Gasteiger partial charge in [-0.3, -0.25) is 4.79 Å². The maximum absolute atomic E-state index is 12.0. The van der Waals surface area contributed by atoms with Crippen LogP contribution in [0.5, 0.6) is 0 Å². The molecule has 21 heavy (non-hydrogen) atoms. The van der Waals surface area contributed by atoms with Gasteiger partial charge in [0.15, 0.2) is 0 Å². The number of thioether (sulfide) groups is 1. The second-order valence-electron chi connectivity index (χ2n) is 4.18. The number of nitrogens with two attached hydrogens (primary N) is 1. The Morgan fingerprint density at radius 3 is 2.71 bits per heavy atom. The van der Waals surface area contributed by atoms with Gasteiger partial charge in [-0.15, -0.1) is 23.1 Å². The second kappa shape index (κ2) is 7.89. The SMILES string of the molecule is CSc1ccc(C(=O)NCc2ccc(C#CCN)s2)cc1.